The molecule has 13 nitrogen and oxygen atoms in total. The molecule has 2 aliphatic rings. The standard InChI is InChI=1S/C22H20F6N2O5S.C21H18F6N2O4S/c1-35-20(32)15-11-17(22(26,27)28)13-18(12-15)36(33,34)30-8-6-29(7-9-30)19(31)10-14-2-4-16(5-3-14)21(23,24)25;22-20(23,24)16-3-1-14(2-4-16)11-19(31)28-5-7-29(8-6-28)34(32,33)18-10-15(13-30)9-17(12-18)21(25,26)27/h2-5,11-13H,6-10H2,1H3;1-4,9-10,12-13H,5-8,11H2. The van der Waals surface area contributed by atoms with Crippen LogP contribution in [0, 0.1) is 0 Å². The number of carbonyl (C=O) groups is 4. The summed E-state index contributed by atoms with van der Waals surface area (Å²) in [5.41, 5.74) is -4.68. The van der Waals surface area contributed by atoms with Gasteiger partial charge in [-0.05, 0) is 71.8 Å². The van der Waals surface area contributed by atoms with Crippen LogP contribution in [0.1, 0.15) is 54.1 Å². The molecule has 6 rings (SSSR count). The summed E-state index contributed by atoms with van der Waals surface area (Å²) in [7, 11) is -7.89. The van der Waals surface area contributed by atoms with Gasteiger partial charge in [-0.25, -0.2) is 21.6 Å². The van der Waals surface area contributed by atoms with Crippen LogP contribution in [0.5, 0.6) is 0 Å². The van der Waals surface area contributed by atoms with Gasteiger partial charge >= 0.3 is 30.7 Å². The van der Waals surface area contributed by atoms with Gasteiger partial charge in [0.2, 0.25) is 31.9 Å². The van der Waals surface area contributed by atoms with Gasteiger partial charge in [-0.15, -0.1) is 0 Å². The SMILES string of the molecule is COC(=O)c1cc(C(F)(F)F)cc(S(=O)(=O)N2CCN(C(=O)Cc3ccc(C(F)(F)F)cc3)CC2)c1.O=Cc1cc(C(F)(F)F)cc(S(=O)(=O)N2CCN(C(=O)Cc3ccc(C(F)(F)F)cc3)CC2)c1. The molecule has 27 heteroatoms. The topological polar surface area (TPSA) is 159 Å². The van der Waals surface area contributed by atoms with Crippen molar-refractivity contribution < 1.29 is 93.4 Å². The van der Waals surface area contributed by atoms with E-state index in [1.807, 2.05) is 0 Å². The van der Waals surface area contributed by atoms with Crippen molar-refractivity contribution in [2.75, 3.05) is 59.5 Å². The van der Waals surface area contributed by atoms with Crippen molar-refractivity contribution in [3.8, 4) is 0 Å². The molecule has 0 aromatic heterocycles. The van der Waals surface area contributed by atoms with E-state index in [0.29, 0.717) is 35.4 Å². The first kappa shape index (κ1) is 54.9. The van der Waals surface area contributed by atoms with Crippen LogP contribution in [0.15, 0.2) is 94.7 Å². The molecule has 2 aliphatic heterocycles. The molecule has 2 amide bonds. The monoisotopic (exact) mass is 1050 g/mol. The number of esters is 1. The van der Waals surface area contributed by atoms with Crippen molar-refractivity contribution in [3.05, 3.63) is 129 Å². The summed E-state index contributed by atoms with van der Waals surface area (Å²) in [6.07, 6.45) is -19.1. The number of alkyl halides is 12. The predicted octanol–water partition coefficient (Wildman–Crippen LogP) is 7.20. The predicted molar refractivity (Wildman–Crippen MR) is 221 cm³/mol. The minimum Gasteiger partial charge on any atom is -0.465 e. The number of aldehydes is 1. The van der Waals surface area contributed by atoms with Gasteiger partial charge in [0.1, 0.15) is 6.29 Å². The summed E-state index contributed by atoms with van der Waals surface area (Å²) in [5, 5.41) is 0. The van der Waals surface area contributed by atoms with Gasteiger partial charge < -0.3 is 14.5 Å². The first-order valence-electron chi connectivity index (χ1n) is 20.2. The number of nitrogens with zero attached hydrogens (tertiary/aromatic N) is 4. The zero-order valence-electron chi connectivity index (χ0n) is 36.0. The van der Waals surface area contributed by atoms with Crippen molar-refractivity contribution in [3.63, 3.8) is 0 Å². The lowest BCUT2D eigenvalue weighted by Gasteiger charge is -2.34. The van der Waals surface area contributed by atoms with E-state index in [1.165, 1.54) is 34.1 Å². The maximum atomic E-state index is 13.3. The molecule has 380 valence electrons. The third-order valence-electron chi connectivity index (χ3n) is 10.8. The molecule has 0 aliphatic carbocycles. The number of carbonyl (C=O) groups excluding carboxylic acids is 4. The summed E-state index contributed by atoms with van der Waals surface area (Å²) >= 11 is 0. The number of hydrogen-bond donors (Lipinski definition) is 0. The Balaban J connectivity index is 0.000000261. The molecule has 0 unspecified atom stereocenters. The van der Waals surface area contributed by atoms with Gasteiger partial charge in [-0.3, -0.25) is 14.4 Å². The van der Waals surface area contributed by atoms with Crippen molar-refractivity contribution in [1.29, 1.82) is 0 Å². The molecule has 4 aromatic carbocycles. The van der Waals surface area contributed by atoms with Crippen molar-refractivity contribution in [2.45, 2.75) is 47.3 Å². The normalized spacial score (nSPS) is 15.7. The lowest BCUT2D eigenvalue weighted by atomic mass is 10.1. The summed E-state index contributed by atoms with van der Waals surface area (Å²) < 4.78 is 213. The highest BCUT2D eigenvalue weighted by atomic mass is 32.2. The minimum atomic E-state index is -4.92. The molecule has 0 bridgehead atoms. The molecule has 4 aromatic rings. The van der Waals surface area contributed by atoms with Crippen LogP contribution >= 0.6 is 0 Å². The average Bonchev–Trinajstić information content (AvgIpc) is 3.30. The average molecular weight is 1050 g/mol. The lowest BCUT2D eigenvalue weighted by molar-refractivity contribution is -0.138. The number of amides is 2. The molecule has 0 spiro atoms. The second-order valence-corrected chi connectivity index (χ2v) is 19.3. The molecule has 0 saturated carbocycles. The van der Waals surface area contributed by atoms with Gasteiger partial charge in [0.25, 0.3) is 0 Å². The minimum absolute atomic E-state index is 0.0573. The second kappa shape index (κ2) is 21.1. The highest BCUT2D eigenvalue weighted by Crippen LogP contribution is 2.35. The summed E-state index contributed by atoms with van der Waals surface area (Å²) in [6.45, 7) is -1.14. The number of piperazine rings is 2. The van der Waals surface area contributed by atoms with Crippen LogP contribution in [-0.4, -0.2) is 119 Å². The van der Waals surface area contributed by atoms with Crippen LogP contribution < -0.4 is 0 Å². The van der Waals surface area contributed by atoms with E-state index in [1.54, 1.807) is 0 Å². The number of ether oxygens (including phenoxy) is 1. The first-order valence-corrected chi connectivity index (χ1v) is 23.1. The molecule has 2 fully saturated rings. The maximum Gasteiger partial charge on any atom is 0.416 e. The fourth-order valence-corrected chi connectivity index (χ4v) is 10.00. The van der Waals surface area contributed by atoms with Gasteiger partial charge in [0, 0.05) is 57.9 Å². The second-order valence-electron chi connectivity index (χ2n) is 15.5. The van der Waals surface area contributed by atoms with Crippen LogP contribution in [0.2, 0.25) is 0 Å². The number of methoxy groups -OCH3 is 1. The summed E-state index contributed by atoms with van der Waals surface area (Å²) in [6, 6.07) is 11.7. The Morgan fingerprint density at radius 3 is 1.17 bits per heavy atom. The van der Waals surface area contributed by atoms with Crippen LogP contribution in [0.3, 0.4) is 0 Å². The maximum absolute atomic E-state index is 13.3. The fraction of sp³-hybridized carbons (Fsp3) is 0.349. The van der Waals surface area contributed by atoms with Crippen LogP contribution in [-0.2, 0) is 71.9 Å². The molecule has 2 saturated heterocycles. The number of sulfonamides is 2. The zero-order valence-corrected chi connectivity index (χ0v) is 37.7. The zero-order chi connectivity index (χ0) is 52.2. The third kappa shape index (κ3) is 13.6. The Morgan fingerprint density at radius 2 is 0.843 bits per heavy atom. The Hall–Kier alpha value is -6.06. The van der Waals surface area contributed by atoms with E-state index in [0.717, 1.165) is 52.1 Å². The Kier molecular flexibility index (Phi) is 16.6. The van der Waals surface area contributed by atoms with Gasteiger partial charge in [-0.2, -0.15) is 61.3 Å². The smallest absolute Gasteiger partial charge is 0.416 e. The van der Waals surface area contributed by atoms with Crippen molar-refractivity contribution >= 4 is 44.1 Å². The van der Waals surface area contributed by atoms with E-state index in [4.69, 9.17) is 0 Å². The molecule has 70 heavy (non-hydrogen) atoms. The van der Waals surface area contributed by atoms with E-state index in [2.05, 4.69) is 4.74 Å². The summed E-state index contributed by atoms with van der Waals surface area (Å²) in [5.74, 6) is -2.02. The fourth-order valence-electron chi connectivity index (χ4n) is 7.00. The number of benzene rings is 4. The number of hydrogen-bond acceptors (Lipinski definition) is 9. The van der Waals surface area contributed by atoms with Crippen LogP contribution in [0.25, 0.3) is 0 Å². The van der Waals surface area contributed by atoms with E-state index >= 15 is 0 Å². The lowest BCUT2D eigenvalue weighted by Crippen LogP contribution is -2.50. The molecular formula is C43H38F12N4O9S2. The molecule has 0 atom stereocenters. The van der Waals surface area contributed by atoms with Gasteiger partial charge in [-0.1, -0.05) is 24.3 Å². The van der Waals surface area contributed by atoms with E-state index < -0.39 is 106 Å². The van der Waals surface area contributed by atoms with E-state index in [9.17, 15) is 88.7 Å². The van der Waals surface area contributed by atoms with Crippen molar-refractivity contribution in [2.24, 2.45) is 0 Å². The quantitative estimate of drug-likeness (QED) is 0.0910. The number of rotatable bonds is 10. The highest BCUT2D eigenvalue weighted by molar-refractivity contribution is 7.89. The van der Waals surface area contributed by atoms with E-state index in [-0.39, 0.29) is 71.5 Å². The highest BCUT2D eigenvalue weighted by Gasteiger charge is 2.38. The first-order chi connectivity index (χ1) is 32.3. The summed E-state index contributed by atoms with van der Waals surface area (Å²) in [4.78, 5) is 49.0. The Morgan fingerprint density at radius 1 is 0.500 bits per heavy atom. The van der Waals surface area contributed by atoms with Crippen molar-refractivity contribution in [1.82, 2.24) is 18.4 Å². The molecule has 2 heterocycles. The third-order valence-corrected chi connectivity index (χ3v) is 14.5. The Bertz CT molecular complexity index is 2790. The van der Waals surface area contributed by atoms with Gasteiger partial charge in [0.05, 0.1) is 57.6 Å². The molecule has 0 N–H and O–H groups in total. The number of halogens is 12. The van der Waals surface area contributed by atoms with Gasteiger partial charge in [0.15, 0.2) is 0 Å². The Labute approximate surface area is 391 Å². The molecular weight excluding hydrogens is 1010 g/mol. The molecule has 0 radical (unpaired) electrons. The largest absolute Gasteiger partial charge is 0.465 e. The van der Waals surface area contributed by atoms with Crippen LogP contribution in [0.4, 0.5) is 52.7 Å².